The Bertz CT molecular complexity index is 314. The summed E-state index contributed by atoms with van der Waals surface area (Å²) in [6.07, 6.45) is 0.681. The van der Waals surface area contributed by atoms with Crippen molar-refractivity contribution in [2.45, 2.75) is 13.3 Å². The van der Waals surface area contributed by atoms with Gasteiger partial charge in [-0.1, -0.05) is 6.92 Å². The van der Waals surface area contributed by atoms with Crippen molar-refractivity contribution in [1.82, 2.24) is 8.61 Å². The number of rotatable bonds is 3. The second-order valence-electron chi connectivity index (χ2n) is 3.08. The topological polar surface area (TPSA) is 77.9 Å². The molecule has 0 aromatic carbocycles. The number of carboxylic acid groups (broad SMARTS) is 1. The molecule has 0 amide bonds. The Morgan fingerprint density at radius 3 is 2.43 bits per heavy atom. The number of aliphatic carboxylic acids is 1. The minimum absolute atomic E-state index is 0.297. The molecule has 1 rings (SSSR count). The molecule has 1 N–H and O–H groups in total. The van der Waals surface area contributed by atoms with Gasteiger partial charge in [-0.05, 0) is 6.42 Å². The average Bonchev–Trinajstić information content (AvgIpc) is 2.07. The number of hydrogen-bond donors (Lipinski definition) is 1. The third-order valence-electron chi connectivity index (χ3n) is 2.13. The lowest BCUT2D eigenvalue weighted by Crippen LogP contribution is -2.50. The van der Waals surface area contributed by atoms with Crippen LogP contribution in [0.4, 0.5) is 0 Å². The maximum atomic E-state index is 11.7. The first kappa shape index (κ1) is 11.4. The largest absolute Gasteiger partial charge is 0.480 e. The lowest BCUT2D eigenvalue weighted by molar-refractivity contribution is -0.137. The van der Waals surface area contributed by atoms with E-state index in [0.29, 0.717) is 26.1 Å². The minimum Gasteiger partial charge on any atom is -0.480 e. The summed E-state index contributed by atoms with van der Waals surface area (Å²) in [5.41, 5.74) is 0. The van der Waals surface area contributed by atoms with E-state index in [9.17, 15) is 13.2 Å². The standard InChI is InChI=1S/C7H14N2O4S/c1-2-8-4-3-5-9(6-7(10)11)14(8,12)13/h2-6H2,1H3,(H,10,11). The molecule has 1 fully saturated rings. The molecule has 0 radical (unpaired) electrons. The Balaban J connectivity index is 2.81. The molecule has 82 valence electrons. The summed E-state index contributed by atoms with van der Waals surface area (Å²) < 4.78 is 25.6. The van der Waals surface area contributed by atoms with Gasteiger partial charge in [0.15, 0.2) is 0 Å². The summed E-state index contributed by atoms with van der Waals surface area (Å²) in [5, 5.41) is 8.53. The van der Waals surface area contributed by atoms with Crippen LogP contribution in [0.1, 0.15) is 13.3 Å². The van der Waals surface area contributed by atoms with Gasteiger partial charge in [0.1, 0.15) is 6.54 Å². The third kappa shape index (κ3) is 2.23. The van der Waals surface area contributed by atoms with Crippen LogP contribution in [-0.2, 0) is 15.0 Å². The second-order valence-corrected chi connectivity index (χ2v) is 5.01. The van der Waals surface area contributed by atoms with Gasteiger partial charge >= 0.3 is 5.97 Å². The fraction of sp³-hybridized carbons (Fsp3) is 0.857. The van der Waals surface area contributed by atoms with Crippen LogP contribution in [-0.4, -0.2) is 54.3 Å². The molecule has 1 heterocycles. The number of nitrogens with zero attached hydrogens (tertiary/aromatic N) is 2. The van der Waals surface area contributed by atoms with Crippen LogP contribution in [0.25, 0.3) is 0 Å². The van der Waals surface area contributed by atoms with Crippen LogP contribution in [0, 0.1) is 0 Å². The smallest absolute Gasteiger partial charge is 0.318 e. The molecule has 0 spiro atoms. The first-order valence-corrected chi connectivity index (χ1v) is 5.85. The van der Waals surface area contributed by atoms with Gasteiger partial charge < -0.3 is 5.11 Å². The first-order valence-electron chi connectivity index (χ1n) is 4.45. The monoisotopic (exact) mass is 222 g/mol. The predicted octanol–water partition coefficient (Wildman–Crippen LogP) is -0.657. The molecular weight excluding hydrogens is 208 g/mol. The predicted molar refractivity (Wildman–Crippen MR) is 50.0 cm³/mol. The van der Waals surface area contributed by atoms with Crippen molar-refractivity contribution in [3.05, 3.63) is 0 Å². The maximum absolute atomic E-state index is 11.7. The van der Waals surface area contributed by atoms with Gasteiger partial charge in [0, 0.05) is 19.6 Å². The zero-order valence-corrected chi connectivity index (χ0v) is 8.83. The van der Waals surface area contributed by atoms with E-state index in [2.05, 4.69) is 0 Å². The summed E-state index contributed by atoms with van der Waals surface area (Å²) in [6.45, 7) is 2.46. The van der Waals surface area contributed by atoms with Crippen LogP contribution in [0.15, 0.2) is 0 Å². The highest BCUT2D eigenvalue weighted by atomic mass is 32.2. The van der Waals surface area contributed by atoms with E-state index in [1.807, 2.05) is 0 Å². The van der Waals surface area contributed by atoms with Crippen molar-refractivity contribution >= 4 is 16.2 Å². The molecule has 0 bridgehead atoms. The van der Waals surface area contributed by atoms with Gasteiger partial charge in [-0.3, -0.25) is 4.79 Å². The van der Waals surface area contributed by atoms with E-state index in [0.717, 1.165) is 4.31 Å². The molecule has 0 aromatic rings. The Morgan fingerprint density at radius 2 is 1.93 bits per heavy atom. The lowest BCUT2D eigenvalue weighted by Gasteiger charge is -2.32. The zero-order valence-electron chi connectivity index (χ0n) is 8.01. The van der Waals surface area contributed by atoms with Crippen molar-refractivity contribution in [2.75, 3.05) is 26.2 Å². The van der Waals surface area contributed by atoms with Crippen LogP contribution in [0.5, 0.6) is 0 Å². The van der Waals surface area contributed by atoms with Gasteiger partial charge in [0.25, 0.3) is 10.2 Å². The molecule has 1 aliphatic rings. The molecule has 1 aliphatic heterocycles. The minimum atomic E-state index is -3.52. The Hall–Kier alpha value is -0.660. The lowest BCUT2D eigenvalue weighted by atomic mass is 10.4. The SMILES string of the molecule is CCN1CCCN(CC(=O)O)S1(=O)=O. The highest BCUT2D eigenvalue weighted by Gasteiger charge is 2.33. The van der Waals surface area contributed by atoms with E-state index in [4.69, 9.17) is 5.11 Å². The van der Waals surface area contributed by atoms with E-state index < -0.39 is 22.7 Å². The van der Waals surface area contributed by atoms with Crippen molar-refractivity contribution in [2.24, 2.45) is 0 Å². The molecule has 0 atom stereocenters. The molecule has 1 saturated heterocycles. The van der Waals surface area contributed by atoms with E-state index in [-0.39, 0.29) is 0 Å². The number of carboxylic acids is 1. The first-order chi connectivity index (χ1) is 6.48. The highest BCUT2D eigenvalue weighted by Crippen LogP contribution is 2.14. The third-order valence-corrected chi connectivity index (χ3v) is 4.19. The molecule has 0 aliphatic carbocycles. The van der Waals surface area contributed by atoms with E-state index in [1.165, 1.54) is 4.31 Å². The van der Waals surface area contributed by atoms with Crippen molar-refractivity contribution in [1.29, 1.82) is 0 Å². The van der Waals surface area contributed by atoms with Crippen LogP contribution >= 0.6 is 0 Å². The van der Waals surface area contributed by atoms with Crippen LogP contribution in [0.2, 0.25) is 0 Å². The van der Waals surface area contributed by atoms with E-state index in [1.54, 1.807) is 6.92 Å². The normalized spacial score (nSPS) is 23.5. The summed E-state index contributed by atoms with van der Waals surface area (Å²) in [5.74, 6) is -1.12. The zero-order chi connectivity index (χ0) is 10.8. The van der Waals surface area contributed by atoms with Gasteiger partial charge in [0.05, 0.1) is 0 Å². The molecule has 14 heavy (non-hydrogen) atoms. The summed E-state index contributed by atoms with van der Waals surface area (Å²) in [6, 6.07) is 0. The van der Waals surface area contributed by atoms with Gasteiger partial charge in [-0.15, -0.1) is 0 Å². The summed E-state index contributed by atoms with van der Waals surface area (Å²) >= 11 is 0. The average molecular weight is 222 g/mol. The Morgan fingerprint density at radius 1 is 1.36 bits per heavy atom. The van der Waals surface area contributed by atoms with Crippen molar-refractivity contribution in [3.63, 3.8) is 0 Å². The molecular formula is C7H14N2O4S. The molecule has 6 nitrogen and oxygen atoms in total. The second kappa shape index (κ2) is 4.24. The molecule has 7 heteroatoms. The van der Waals surface area contributed by atoms with Gasteiger partial charge in [0.2, 0.25) is 0 Å². The molecule has 0 unspecified atom stereocenters. The van der Waals surface area contributed by atoms with Crippen molar-refractivity contribution in [3.8, 4) is 0 Å². The van der Waals surface area contributed by atoms with Crippen LogP contribution in [0.3, 0.4) is 0 Å². The fourth-order valence-corrected chi connectivity index (χ4v) is 3.10. The number of carbonyl (C=O) groups is 1. The summed E-state index contributed by atoms with van der Waals surface area (Å²) in [4.78, 5) is 10.4. The Kier molecular flexibility index (Phi) is 3.46. The van der Waals surface area contributed by atoms with Gasteiger partial charge in [-0.2, -0.15) is 17.0 Å². The Labute approximate surface area is 83.3 Å². The highest BCUT2D eigenvalue weighted by molar-refractivity contribution is 7.86. The summed E-state index contributed by atoms with van der Waals surface area (Å²) in [7, 11) is -3.52. The quantitative estimate of drug-likeness (QED) is 0.688. The van der Waals surface area contributed by atoms with Crippen molar-refractivity contribution < 1.29 is 18.3 Å². The fourth-order valence-electron chi connectivity index (χ4n) is 1.45. The molecule has 0 saturated carbocycles. The molecule has 0 aromatic heterocycles. The number of hydrogen-bond acceptors (Lipinski definition) is 3. The van der Waals surface area contributed by atoms with E-state index >= 15 is 0 Å². The maximum Gasteiger partial charge on any atom is 0.318 e. The van der Waals surface area contributed by atoms with Gasteiger partial charge in [-0.25, -0.2) is 0 Å². The van der Waals surface area contributed by atoms with Crippen LogP contribution < -0.4 is 0 Å².